The second kappa shape index (κ2) is 5.16. The molecule has 0 aromatic carbocycles. The molecule has 0 amide bonds. The van der Waals surface area contributed by atoms with Gasteiger partial charge in [-0.3, -0.25) is 0 Å². The zero-order valence-corrected chi connectivity index (χ0v) is 13.4. The van der Waals surface area contributed by atoms with Crippen LogP contribution in [0, 0.1) is 0 Å². The van der Waals surface area contributed by atoms with E-state index in [2.05, 4.69) is 43.4 Å². The van der Waals surface area contributed by atoms with E-state index in [0.717, 1.165) is 33.7 Å². The van der Waals surface area contributed by atoms with Crippen molar-refractivity contribution in [2.75, 3.05) is 0 Å². The van der Waals surface area contributed by atoms with Crippen LogP contribution in [0.2, 0.25) is 0 Å². The predicted octanol–water partition coefficient (Wildman–Crippen LogP) is 5.01. The quantitative estimate of drug-likeness (QED) is 0.515. The van der Waals surface area contributed by atoms with Gasteiger partial charge in [-0.1, -0.05) is 0 Å². The fourth-order valence-corrected chi connectivity index (χ4v) is 3.44. The average molecular weight is 359 g/mol. The van der Waals surface area contributed by atoms with Gasteiger partial charge in [0.2, 0.25) is 0 Å². The van der Waals surface area contributed by atoms with Crippen molar-refractivity contribution in [1.82, 2.24) is 9.38 Å². The van der Waals surface area contributed by atoms with Crippen LogP contribution in [-0.4, -0.2) is 9.38 Å². The lowest BCUT2D eigenvalue weighted by molar-refractivity contribution is 0.579. The minimum atomic E-state index is 0.806. The molecular weight excluding hydrogens is 348 g/mol. The lowest BCUT2D eigenvalue weighted by Crippen LogP contribution is -1.95. The van der Waals surface area contributed by atoms with E-state index in [4.69, 9.17) is 9.40 Å². The monoisotopic (exact) mass is 358 g/mol. The highest BCUT2D eigenvalue weighted by molar-refractivity contribution is 9.10. The number of pyridine rings is 1. The topological polar surface area (TPSA) is 30.4 Å². The molecule has 3 nitrogen and oxygen atoms in total. The SMILES string of the molecule is Brc1ccc2nc(-c3ccco3)c(Cc3ccsc3)n2c1. The molecule has 5 heteroatoms. The number of furan rings is 1. The second-order valence-electron chi connectivity index (χ2n) is 4.77. The van der Waals surface area contributed by atoms with Crippen LogP contribution in [-0.2, 0) is 6.42 Å². The van der Waals surface area contributed by atoms with Gasteiger partial charge in [0, 0.05) is 17.1 Å². The van der Waals surface area contributed by atoms with Crippen molar-refractivity contribution >= 4 is 32.9 Å². The summed E-state index contributed by atoms with van der Waals surface area (Å²) < 4.78 is 8.71. The van der Waals surface area contributed by atoms with Gasteiger partial charge >= 0.3 is 0 Å². The number of thiophene rings is 1. The van der Waals surface area contributed by atoms with E-state index in [-0.39, 0.29) is 0 Å². The first kappa shape index (κ1) is 12.9. The van der Waals surface area contributed by atoms with Crippen molar-refractivity contribution < 1.29 is 4.42 Å². The Kier molecular flexibility index (Phi) is 3.16. The largest absolute Gasteiger partial charge is 0.463 e. The highest BCUT2D eigenvalue weighted by Crippen LogP contribution is 2.28. The van der Waals surface area contributed by atoms with E-state index in [0.29, 0.717) is 0 Å². The summed E-state index contributed by atoms with van der Waals surface area (Å²) in [5.41, 5.74) is 4.26. The molecule has 4 aromatic heterocycles. The van der Waals surface area contributed by atoms with Crippen LogP contribution in [0.3, 0.4) is 0 Å². The molecule has 0 unspecified atom stereocenters. The number of nitrogens with zero attached hydrogens (tertiary/aromatic N) is 2. The fraction of sp³-hybridized carbons (Fsp3) is 0.0625. The number of fused-ring (bicyclic) bond motifs is 1. The molecule has 4 aromatic rings. The highest BCUT2D eigenvalue weighted by atomic mass is 79.9. The van der Waals surface area contributed by atoms with Gasteiger partial charge in [0.25, 0.3) is 0 Å². The third-order valence-electron chi connectivity index (χ3n) is 3.39. The van der Waals surface area contributed by atoms with E-state index in [1.54, 1.807) is 17.6 Å². The molecular formula is C16H11BrN2OS. The highest BCUT2D eigenvalue weighted by Gasteiger charge is 2.16. The molecule has 0 saturated carbocycles. The van der Waals surface area contributed by atoms with Crippen LogP contribution in [0.5, 0.6) is 0 Å². The van der Waals surface area contributed by atoms with Gasteiger partial charge in [0.05, 0.1) is 12.0 Å². The van der Waals surface area contributed by atoms with Crippen LogP contribution >= 0.6 is 27.3 Å². The Morgan fingerprint density at radius 2 is 2.19 bits per heavy atom. The number of halogens is 1. The van der Waals surface area contributed by atoms with E-state index in [1.165, 1.54) is 5.56 Å². The summed E-state index contributed by atoms with van der Waals surface area (Å²) >= 11 is 5.24. The fourth-order valence-electron chi connectivity index (χ4n) is 2.43. The maximum atomic E-state index is 5.55. The lowest BCUT2D eigenvalue weighted by atomic mass is 10.1. The van der Waals surface area contributed by atoms with Gasteiger partial charge in [-0.05, 0) is 62.6 Å². The molecule has 0 bridgehead atoms. The molecule has 0 radical (unpaired) electrons. The predicted molar refractivity (Wildman–Crippen MR) is 87.7 cm³/mol. The van der Waals surface area contributed by atoms with Gasteiger partial charge in [0.1, 0.15) is 11.3 Å². The maximum absolute atomic E-state index is 5.55. The van der Waals surface area contributed by atoms with Gasteiger partial charge in [0.15, 0.2) is 5.76 Å². The molecule has 0 aliphatic heterocycles. The minimum absolute atomic E-state index is 0.806. The van der Waals surface area contributed by atoms with Crippen LogP contribution in [0.4, 0.5) is 0 Å². The summed E-state index contributed by atoms with van der Waals surface area (Å²) in [6, 6.07) is 10.0. The Labute approximate surface area is 134 Å². The zero-order chi connectivity index (χ0) is 14.2. The van der Waals surface area contributed by atoms with Gasteiger partial charge in [-0.25, -0.2) is 4.98 Å². The van der Waals surface area contributed by atoms with Gasteiger partial charge in [-0.15, -0.1) is 0 Å². The number of rotatable bonds is 3. The standard InChI is InChI=1S/C16H11BrN2OS/c17-12-3-4-15-18-16(14-2-1-6-20-14)13(19(15)9-12)8-11-5-7-21-10-11/h1-7,9-10H,8H2. The van der Waals surface area contributed by atoms with Crippen molar-refractivity contribution in [3.05, 3.63) is 69.3 Å². The Morgan fingerprint density at radius 1 is 1.24 bits per heavy atom. The van der Waals surface area contributed by atoms with Crippen LogP contribution < -0.4 is 0 Å². The minimum Gasteiger partial charge on any atom is -0.463 e. The molecule has 0 N–H and O–H groups in total. The Hall–Kier alpha value is -1.85. The lowest BCUT2D eigenvalue weighted by Gasteiger charge is -2.03. The molecule has 21 heavy (non-hydrogen) atoms. The number of imidazole rings is 1. The molecule has 0 aliphatic rings. The Balaban J connectivity index is 1.95. The maximum Gasteiger partial charge on any atom is 0.154 e. The normalized spacial score (nSPS) is 11.3. The number of aromatic nitrogens is 2. The zero-order valence-electron chi connectivity index (χ0n) is 11.0. The summed E-state index contributed by atoms with van der Waals surface area (Å²) in [7, 11) is 0. The molecule has 0 saturated heterocycles. The van der Waals surface area contributed by atoms with Crippen molar-refractivity contribution in [1.29, 1.82) is 0 Å². The van der Waals surface area contributed by atoms with Crippen LogP contribution in [0.1, 0.15) is 11.3 Å². The van der Waals surface area contributed by atoms with Crippen molar-refractivity contribution in [3.8, 4) is 11.5 Å². The smallest absolute Gasteiger partial charge is 0.154 e. The van der Waals surface area contributed by atoms with Gasteiger partial charge < -0.3 is 8.82 Å². The first-order valence-corrected chi connectivity index (χ1v) is 8.26. The molecule has 4 rings (SSSR count). The second-order valence-corrected chi connectivity index (χ2v) is 6.46. The van der Waals surface area contributed by atoms with Crippen molar-refractivity contribution in [2.45, 2.75) is 6.42 Å². The summed E-state index contributed by atoms with van der Waals surface area (Å²) in [6.45, 7) is 0. The molecule has 4 heterocycles. The first-order chi connectivity index (χ1) is 10.3. The molecule has 0 fully saturated rings. The summed E-state index contributed by atoms with van der Waals surface area (Å²) in [5, 5.41) is 4.27. The average Bonchev–Trinajstić information content (AvgIpc) is 3.20. The molecule has 0 spiro atoms. The van der Waals surface area contributed by atoms with E-state index >= 15 is 0 Å². The molecule has 0 aliphatic carbocycles. The number of hydrogen-bond acceptors (Lipinski definition) is 3. The molecule has 0 atom stereocenters. The van der Waals surface area contributed by atoms with Crippen LogP contribution in [0.25, 0.3) is 17.1 Å². The van der Waals surface area contributed by atoms with Crippen molar-refractivity contribution in [3.63, 3.8) is 0 Å². The summed E-state index contributed by atoms with van der Waals surface area (Å²) in [5.74, 6) is 0.806. The third kappa shape index (κ3) is 2.32. The van der Waals surface area contributed by atoms with E-state index in [1.807, 2.05) is 24.3 Å². The summed E-state index contributed by atoms with van der Waals surface area (Å²) in [6.07, 6.45) is 4.57. The Morgan fingerprint density at radius 3 is 2.95 bits per heavy atom. The Bertz CT molecular complexity index is 879. The van der Waals surface area contributed by atoms with Gasteiger partial charge in [-0.2, -0.15) is 11.3 Å². The van der Waals surface area contributed by atoms with Crippen molar-refractivity contribution in [2.24, 2.45) is 0 Å². The summed E-state index contributed by atoms with van der Waals surface area (Å²) in [4.78, 5) is 4.73. The van der Waals surface area contributed by atoms with E-state index in [9.17, 15) is 0 Å². The van der Waals surface area contributed by atoms with E-state index < -0.39 is 0 Å². The third-order valence-corrected chi connectivity index (χ3v) is 4.59. The molecule has 104 valence electrons. The van der Waals surface area contributed by atoms with Crippen LogP contribution in [0.15, 0.2) is 62.4 Å². The number of hydrogen-bond donors (Lipinski definition) is 0. The first-order valence-electron chi connectivity index (χ1n) is 6.53.